The highest BCUT2D eigenvalue weighted by Gasteiger charge is 2.32. The Balaban J connectivity index is 2.50. The minimum absolute atomic E-state index is 0.107. The molecule has 0 unspecified atom stereocenters. The van der Waals surface area contributed by atoms with Crippen molar-refractivity contribution in [1.82, 2.24) is 0 Å². The van der Waals surface area contributed by atoms with Crippen LogP contribution in [0, 0.1) is 23.3 Å². The summed E-state index contributed by atoms with van der Waals surface area (Å²) in [5.41, 5.74) is -3.33. The first-order valence-corrected chi connectivity index (χ1v) is 7.48. The molecule has 0 radical (unpaired) electrons. The molecule has 0 aliphatic heterocycles. The molecule has 0 saturated carbocycles. The van der Waals surface area contributed by atoms with Crippen molar-refractivity contribution in [3.63, 3.8) is 0 Å². The SMILES string of the molecule is O=C(O)c1c(F)c(F)c(F)c(F)c1C(=O)Nc1ccc([SH](=O)=O)cc1. The highest BCUT2D eigenvalue weighted by molar-refractivity contribution is 7.72. The summed E-state index contributed by atoms with van der Waals surface area (Å²) in [6.45, 7) is 0. The number of benzene rings is 2. The van der Waals surface area contributed by atoms with E-state index in [2.05, 4.69) is 0 Å². The van der Waals surface area contributed by atoms with Gasteiger partial charge < -0.3 is 10.4 Å². The van der Waals surface area contributed by atoms with Gasteiger partial charge in [-0.3, -0.25) is 4.79 Å². The second kappa shape index (κ2) is 6.89. The number of anilines is 1. The fraction of sp³-hybridized carbons (Fsp3) is 0. The topological polar surface area (TPSA) is 101 Å². The van der Waals surface area contributed by atoms with Crippen LogP contribution in [0.2, 0.25) is 0 Å². The van der Waals surface area contributed by atoms with E-state index in [1.54, 1.807) is 0 Å². The van der Waals surface area contributed by atoms with E-state index in [-0.39, 0.29) is 10.6 Å². The highest BCUT2D eigenvalue weighted by atomic mass is 32.2. The van der Waals surface area contributed by atoms with Crippen LogP contribution in [0.4, 0.5) is 23.2 Å². The second-order valence-electron chi connectivity index (χ2n) is 4.57. The molecule has 0 bridgehead atoms. The van der Waals surface area contributed by atoms with Gasteiger partial charge in [0.05, 0.1) is 10.5 Å². The van der Waals surface area contributed by atoms with Crippen LogP contribution in [0.3, 0.4) is 0 Å². The maximum atomic E-state index is 13.8. The van der Waals surface area contributed by atoms with Gasteiger partial charge in [-0.05, 0) is 24.3 Å². The van der Waals surface area contributed by atoms with E-state index in [0.29, 0.717) is 0 Å². The monoisotopic (exact) mass is 377 g/mol. The summed E-state index contributed by atoms with van der Waals surface area (Å²) in [7, 11) is -2.89. The summed E-state index contributed by atoms with van der Waals surface area (Å²) >= 11 is 0. The molecule has 2 aromatic rings. The standard InChI is InChI=1S/C14H7F4NO5S/c15-9-7(8(14(21)22)10(16)12(18)11(9)17)13(20)19-5-1-3-6(4-2-5)25(23)24/h1-4,25H,(H,19,20)(H,21,22). The van der Waals surface area contributed by atoms with Crippen LogP contribution >= 0.6 is 0 Å². The van der Waals surface area contributed by atoms with Crippen LogP contribution in [0.25, 0.3) is 0 Å². The van der Waals surface area contributed by atoms with Gasteiger partial charge in [0.25, 0.3) is 5.91 Å². The minimum atomic E-state index is -2.89. The molecule has 2 aromatic carbocycles. The molecule has 11 heteroatoms. The quantitative estimate of drug-likeness (QED) is 0.328. The predicted octanol–water partition coefficient (Wildman–Crippen LogP) is 2.16. The number of hydrogen-bond acceptors (Lipinski definition) is 4. The molecule has 132 valence electrons. The molecule has 0 aliphatic carbocycles. The van der Waals surface area contributed by atoms with Crippen molar-refractivity contribution in [2.75, 3.05) is 5.32 Å². The largest absolute Gasteiger partial charge is 0.478 e. The highest BCUT2D eigenvalue weighted by Crippen LogP contribution is 2.25. The van der Waals surface area contributed by atoms with E-state index in [1.165, 1.54) is 0 Å². The molecule has 0 aliphatic rings. The first-order valence-electron chi connectivity index (χ1n) is 6.30. The van der Waals surface area contributed by atoms with Gasteiger partial charge >= 0.3 is 5.97 Å². The third-order valence-electron chi connectivity index (χ3n) is 3.04. The summed E-state index contributed by atoms with van der Waals surface area (Å²) in [5.74, 6) is -12.9. The van der Waals surface area contributed by atoms with Crippen molar-refractivity contribution in [3.8, 4) is 0 Å². The third kappa shape index (κ3) is 3.45. The Morgan fingerprint density at radius 3 is 1.76 bits per heavy atom. The Labute approximate surface area is 138 Å². The van der Waals surface area contributed by atoms with Crippen LogP contribution in [0.5, 0.6) is 0 Å². The lowest BCUT2D eigenvalue weighted by atomic mass is 10.0. The van der Waals surface area contributed by atoms with Gasteiger partial charge in [-0.1, -0.05) is 0 Å². The van der Waals surface area contributed by atoms with Crippen LogP contribution < -0.4 is 5.32 Å². The lowest BCUT2D eigenvalue weighted by molar-refractivity contribution is 0.0684. The van der Waals surface area contributed by atoms with Gasteiger partial charge in [-0.25, -0.2) is 30.8 Å². The minimum Gasteiger partial charge on any atom is -0.478 e. The van der Waals surface area contributed by atoms with Crippen molar-refractivity contribution in [1.29, 1.82) is 0 Å². The van der Waals surface area contributed by atoms with Crippen molar-refractivity contribution in [2.45, 2.75) is 4.90 Å². The molecule has 6 nitrogen and oxygen atoms in total. The number of thiol groups is 1. The smallest absolute Gasteiger partial charge is 0.339 e. The van der Waals surface area contributed by atoms with Crippen LogP contribution in [-0.2, 0) is 10.7 Å². The molecule has 0 aromatic heterocycles. The molecule has 1 amide bonds. The Kier molecular flexibility index (Phi) is 5.07. The number of carbonyl (C=O) groups is 2. The second-order valence-corrected chi connectivity index (χ2v) is 5.60. The van der Waals surface area contributed by atoms with Crippen molar-refractivity contribution >= 4 is 28.3 Å². The molecule has 0 saturated heterocycles. The van der Waals surface area contributed by atoms with Gasteiger partial charge in [0, 0.05) is 5.69 Å². The molecular weight excluding hydrogens is 370 g/mol. The average molecular weight is 377 g/mol. The summed E-state index contributed by atoms with van der Waals surface area (Å²) < 4.78 is 75.3. The first kappa shape index (κ1) is 18.4. The Morgan fingerprint density at radius 2 is 1.32 bits per heavy atom. The summed E-state index contributed by atoms with van der Waals surface area (Å²) in [6, 6.07) is 4.29. The van der Waals surface area contributed by atoms with E-state index in [0.717, 1.165) is 24.3 Å². The van der Waals surface area contributed by atoms with Crippen LogP contribution in [0.15, 0.2) is 29.2 Å². The van der Waals surface area contributed by atoms with E-state index in [9.17, 15) is 35.6 Å². The fourth-order valence-corrected chi connectivity index (χ4v) is 2.30. The number of nitrogens with one attached hydrogen (secondary N) is 1. The number of hydrogen-bond donors (Lipinski definition) is 3. The number of carbonyl (C=O) groups excluding carboxylic acids is 1. The molecular formula is C14H7F4NO5S. The van der Waals surface area contributed by atoms with E-state index < -0.39 is 57.0 Å². The first-order chi connectivity index (χ1) is 11.6. The van der Waals surface area contributed by atoms with E-state index in [1.807, 2.05) is 5.32 Å². The molecule has 0 heterocycles. The van der Waals surface area contributed by atoms with Crippen molar-refractivity contribution in [2.24, 2.45) is 0 Å². The molecule has 2 rings (SSSR count). The normalized spacial score (nSPS) is 10.8. The number of carboxylic acids is 1. The molecule has 0 atom stereocenters. The van der Waals surface area contributed by atoms with Gasteiger partial charge in [-0.15, -0.1) is 0 Å². The van der Waals surface area contributed by atoms with Crippen LogP contribution in [0.1, 0.15) is 20.7 Å². The molecule has 25 heavy (non-hydrogen) atoms. The number of carboxylic acid groups (broad SMARTS) is 1. The molecule has 2 N–H and O–H groups in total. The maximum Gasteiger partial charge on any atom is 0.339 e. The van der Waals surface area contributed by atoms with E-state index in [4.69, 9.17) is 5.11 Å². The van der Waals surface area contributed by atoms with Crippen molar-refractivity contribution < 1.29 is 40.7 Å². The Morgan fingerprint density at radius 1 is 0.840 bits per heavy atom. The number of amides is 1. The molecule has 0 spiro atoms. The lowest BCUT2D eigenvalue weighted by Crippen LogP contribution is -2.22. The summed E-state index contributed by atoms with van der Waals surface area (Å²) in [5, 5.41) is 10.8. The zero-order valence-electron chi connectivity index (χ0n) is 11.8. The van der Waals surface area contributed by atoms with Crippen LogP contribution in [-0.4, -0.2) is 25.4 Å². The molecule has 0 fully saturated rings. The third-order valence-corrected chi connectivity index (χ3v) is 3.76. The van der Waals surface area contributed by atoms with Gasteiger partial charge in [0.2, 0.25) is 0 Å². The number of aromatic carboxylic acids is 1. The van der Waals surface area contributed by atoms with Gasteiger partial charge in [-0.2, -0.15) is 0 Å². The zero-order valence-corrected chi connectivity index (χ0v) is 12.7. The predicted molar refractivity (Wildman–Crippen MR) is 76.2 cm³/mol. The van der Waals surface area contributed by atoms with Gasteiger partial charge in [0.1, 0.15) is 5.56 Å². The Hall–Kier alpha value is -2.95. The summed E-state index contributed by atoms with van der Waals surface area (Å²) in [6.07, 6.45) is 0. The van der Waals surface area contributed by atoms with E-state index >= 15 is 0 Å². The average Bonchev–Trinajstić information content (AvgIpc) is 2.55. The van der Waals surface area contributed by atoms with Crippen molar-refractivity contribution in [3.05, 3.63) is 58.7 Å². The fourth-order valence-electron chi connectivity index (χ4n) is 1.91. The lowest BCUT2D eigenvalue weighted by Gasteiger charge is -2.11. The number of rotatable bonds is 4. The number of halogens is 4. The Bertz CT molecular complexity index is 949. The summed E-state index contributed by atoms with van der Waals surface area (Å²) in [4.78, 5) is 22.9. The maximum absolute atomic E-state index is 13.8. The zero-order chi connectivity index (χ0) is 18.9. The van der Waals surface area contributed by atoms with Gasteiger partial charge in [0.15, 0.2) is 34.0 Å².